The lowest BCUT2D eigenvalue weighted by molar-refractivity contribution is -0.132. The molecular formula is C17H21N3OS2. The zero-order chi connectivity index (χ0) is 15.6. The van der Waals surface area contributed by atoms with Crippen molar-refractivity contribution in [3.63, 3.8) is 0 Å². The predicted octanol–water partition coefficient (Wildman–Crippen LogP) is 3.32. The second-order valence-corrected chi connectivity index (χ2v) is 8.07. The second kappa shape index (κ2) is 6.69. The Balaban J connectivity index is 1.44. The van der Waals surface area contributed by atoms with E-state index in [4.69, 9.17) is 0 Å². The van der Waals surface area contributed by atoms with Gasteiger partial charge in [-0.05, 0) is 43.6 Å². The van der Waals surface area contributed by atoms with Crippen LogP contribution in [-0.4, -0.2) is 46.6 Å². The van der Waals surface area contributed by atoms with Crippen LogP contribution in [0.2, 0.25) is 0 Å². The van der Waals surface area contributed by atoms with Gasteiger partial charge in [-0.25, -0.2) is 0 Å². The number of carbonyl (C=O) groups is 1. The van der Waals surface area contributed by atoms with Gasteiger partial charge in [0.05, 0.1) is 6.54 Å². The van der Waals surface area contributed by atoms with E-state index in [2.05, 4.69) is 32.3 Å². The van der Waals surface area contributed by atoms with Crippen LogP contribution in [0.3, 0.4) is 0 Å². The molecule has 1 aromatic heterocycles. The predicted molar refractivity (Wildman–Crippen MR) is 96.7 cm³/mol. The maximum absolute atomic E-state index is 13.1. The molecule has 1 atom stereocenters. The smallest absolute Gasteiger partial charge is 0.271 e. The Hall–Kier alpha value is -1.27. The molecule has 0 bridgehead atoms. The summed E-state index contributed by atoms with van der Waals surface area (Å²) in [6.07, 6.45) is 5.66. The van der Waals surface area contributed by atoms with Crippen molar-refractivity contribution >= 4 is 34.2 Å². The van der Waals surface area contributed by atoms with Crippen LogP contribution in [-0.2, 0) is 11.2 Å². The first-order chi connectivity index (χ1) is 11.3. The summed E-state index contributed by atoms with van der Waals surface area (Å²) < 4.78 is 0. The van der Waals surface area contributed by atoms with Gasteiger partial charge in [0.2, 0.25) is 0 Å². The molecule has 1 aromatic rings. The number of nitrogens with zero attached hydrogens (tertiary/aromatic N) is 3. The number of aryl methyl sites for hydroxylation is 1. The Labute approximate surface area is 145 Å². The summed E-state index contributed by atoms with van der Waals surface area (Å²) in [5, 5.41) is 5.12. The summed E-state index contributed by atoms with van der Waals surface area (Å²) in [5.41, 5.74) is 0.842. The van der Waals surface area contributed by atoms with E-state index < -0.39 is 0 Å². The van der Waals surface area contributed by atoms with Gasteiger partial charge in [0.25, 0.3) is 5.91 Å². The summed E-state index contributed by atoms with van der Waals surface area (Å²) in [4.78, 5) is 23.2. The Morgan fingerprint density at radius 2 is 2.30 bits per heavy atom. The molecule has 0 radical (unpaired) electrons. The number of likely N-dealkylation sites (tertiary alicyclic amines) is 1. The van der Waals surface area contributed by atoms with E-state index in [-0.39, 0.29) is 5.91 Å². The van der Waals surface area contributed by atoms with Crippen molar-refractivity contribution in [2.75, 3.05) is 19.6 Å². The fourth-order valence-corrected chi connectivity index (χ4v) is 5.22. The lowest BCUT2D eigenvalue weighted by Gasteiger charge is -2.37. The maximum atomic E-state index is 13.1. The molecule has 0 unspecified atom stereocenters. The monoisotopic (exact) mass is 347 g/mol. The van der Waals surface area contributed by atoms with E-state index in [1.165, 1.54) is 11.3 Å². The summed E-state index contributed by atoms with van der Waals surface area (Å²) in [7, 11) is 0. The number of carbonyl (C=O) groups excluding carboxylic acids is 1. The topological polar surface area (TPSA) is 35.9 Å². The molecule has 0 aromatic carbocycles. The number of thiophene rings is 1. The van der Waals surface area contributed by atoms with Gasteiger partial charge in [-0.2, -0.15) is 0 Å². The highest BCUT2D eigenvalue weighted by molar-refractivity contribution is 8.16. The van der Waals surface area contributed by atoms with Crippen LogP contribution in [0.1, 0.15) is 30.6 Å². The van der Waals surface area contributed by atoms with Crippen molar-refractivity contribution in [2.45, 2.75) is 38.1 Å². The summed E-state index contributed by atoms with van der Waals surface area (Å²) in [6.45, 7) is 2.57. The van der Waals surface area contributed by atoms with Crippen LogP contribution >= 0.6 is 23.1 Å². The molecule has 4 heterocycles. The van der Waals surface area contributed by atoms with Crippen molar-refractivity contribution in [1.82, 2.24) is 9.80 Å². The minimum absolute atomic E-state index is 0.209. The van der Waals surface area contributed by atoms with Gasteiger partial charge >= 0.3 is 0 Å². The van der Waals surface area contributed by atoms with Crippen molar-refractivity contribution in [3.05, 3.63) is 33.5 Å². The average Bonchev–Trinajstić information content (AvgIpc) is 3.30. The van der Waals surface area contributed by atoms with Gasteiger partial charge in [-0.3, -0.25) is 9.79 Å². The van der Waals surface area contributed by atoms with Gasteiger partial charge in [0.1, 0.15) is 5.70 Å². The third-order valence-electron chi connectivity index (χ3n) is 4.78. The molecule has 1 saturated heterocycles. The molecule has 0 N–H and O–H groups in total. The second-order valence-electron chi connectivity index (χ2n) is 6.20. The van der Waals surface area contributed by atoms with E-state index in [0.717, 1.165) is 56.2 Å². The van der Waals surface area contributed by atoms with Gasteiger partial charge in [0, 0.05) is 29.4 Å². The van der Waals surface area contributed by atoms with Crippen LogP contribution in [0.5, 0.6) is 0 Å². The van der Waals surface area contributed by atoms with E-state index in [9.17, 15) is 4.79 Å². The molecule has 0 saturated carbocycles. The minimum atomic E-state index is 0.209. The van der Waals surface area contributed by atoms with Crippen LogP contribution in [0, 0.1) is 0 Å². The number of aliphatic imine (C=N–C) groups is 1. The normalized spacial score (nSPS) is 23.7. The van der Waals surface area contributed by atoms with Crippen LogP contribution in [0.25, 0.3) is 0 Å². The fourth-order valence-electron chi connectivity index (χ4n) is 3.57. The molecule has 3 aliphatic rings. The Morgan fingerprint density at radius 1 is 1.35 bits per heavy atom. The molecule has 4 nitrogen and oxygen atoms in total. The molecule has 1 amide bonds. The SMILES string of the molecule is O=C(C1=CSC2=NCCN12)N1CCCC[C@@H]1CCc1cccs1. The van der Waals surface area contributed by atoms with Crippen molar-refractivity contribution in [3.8, 4) is 0 Å². The lowest BCUT2D eigenvalue weighted by Crippen LogP contribution is -2.46. The first-order valence-corrected chi connectivity index (χ1v) is 10.1. The van der Waals surface area contributed by atoms with E-state index in [0.29, 0.717) is 6.04 Å². The molecule has 0 aliphatic carbocycles. The number of amidine groups is 1. The highest BCUT2D eigenvalue weighted by Crippen LogP contribution is 2.32. The minimum Gasteiger partial charge on any atom is -0.334 e. The fraction of sp³-hybridized carbons (Fsp3) is 0.529. The molecule has 1 fully saturated rings. The number of amides is 1. The number of hydrogen-bond donors (Lipinski definition) is 0. The lowest BCUT2D eigenvalue weighted by atomic mass is 9.97. The highest BCUT2D eigenvalue weighted by Gasteiger charge is 2.35. The van der Waals surface area contributed by atoms with E-state index in [1.54, 1.807) is 11.8 Å². The third-order valence-corrected chi connectivity index (χ3v) is 6.62. The van der Waals surface area contributed by atoms with Crippen LogP contribution in [0.15, 0.2) is 33.6 Å². The van der Waals surface area contributed by atoms with E-state index in [1.807, 2.05) is 16.7 Å². The quantitative estimate of drug-likeness (QED) is 0.838. The molecule has 3 aliphatic heterocycles. The molecule has 0 spiro atoms. The van der Waals surface area contributed by atoms with Crippen LogP contribution < -0.4 is 0 Å². The number of fused-ring (bicyclic) bond motifs is 1. The van der Waals surface area contributed by atoms with Crippen molar-refractivity contribution < 1.29 is 4.79 Å². The maximum Gasteiger partial charge on any atom is 0.271 e. The van der Waals surface area contributed by atoms with Gasteiger partial charge in [0.15, 0.2) is 5.17 Å². The number of thioether (sulfide) groups is 1. The van der Waals surface area contributed by atoms with Crippen LogP contribution in [0.4, 0.5) is 0 Å². The molecular weight excluding hydrogens is 326 g/mol. The first-order valence-electron chi connectivity index (χ1n) is 8.35. The van der Waals surface area contributed by atoms with Gasteiger partial charge < -0.3 is 9.80 Å². The third kappa shape index (κ3) is 3.06. The standard InChI is InChI=1S/C17H21N3OS2/c21-16(15-12-23-17-18-8-10-20(15)17)19-9-2-1-4-13(19)6-7-14-5-3-11-22-14/h3,5,11-13H,1-2,4,6-10H2/t13-/m1/s1. The number of piperidine rings is 1. The Morgan fingerprint density at radius 3 is 3.17 bits per heavy atom. The van der Waals surface area contributed by atoms with Crippen molar-refractivity contribution in [1.29, 1.82) is 0 Å². The Bertz CT molecular complexity index is 638. The number of rotatable bonds is 4. The van der Waals surface area contributed by atoms with E-state index >= 15 is 0 Å². The van der Waals surface area contributed by atoms with Crippen molar-refractivity contribution in [2.24, 2.45) is 4.99 Å². The first kappa shape index (κ1) is 15.3. The van der Waals surface area contributed by atoms with Gasteiger partial charge in [-0.15, -0.1) is 11.3 Å². The molecule has 4 rings (SSSR count). The largest absolute Gasteiger partial charge is 0.334 e. The summed E-state index contributed by atoms with van der Waals surface area (Å²) in [6, 6.07) is 4.69. The molecule has 122 valence electrons. The number of hydrogen-bond acceptors (Lipinski definition) is 5. The van der Waals surface area contributed by atoms with Gasteiger partial charge in [-0.1, -0.05) is 17.8 Å². The molecule has 23 heavy (non-hydrogen) atoms. The Kier molecular flexibility index (Phi) is 4.44. The molecule has 6 heteroatoms. The highest BCUT2D eigenvalue weighted by atomic mass is 32.2. The average molecular weight is 348 g/mol. The summed E-state index contributed by atoms with van der Waals surface area (Å²) >= 11 is 3.41. The zero-order valence-electron chi connectivity index (χ0n) is 13.1. The summed E-state index contributed by atoms with van der Waals surface area (Å²) in [5.74, 6) is 0.209. The zero-order valence-corrected chi connectivity index (χ0v) is 14.7.